The van der Waals surface area contributed by atoms with Crippen molar-refractivity contribution in [3.8, 4) is 5.75 Å². The summed E-state index contributed by atoms with van der Waals surface area (Å²) in [4.78, 5) is 24.1. The molecule has 2 rings (SSSR count). The standard InChI is InChI=1S/C13H15NO4/c1-18-12-5-3-2-4-9(12)7-14-8-10(15)6-11(14)13(16)17/h2-5,11H,6-8H2,1H3,(H,16,17). The molecular weight excluding hydrogens is 234 g/mol. The van der Waals surface area contributed by atoms with Crippen molar-refractivity contribution in [2.24, 2.45) is 0 Å². The van der Waals surface area contributed by atoms with Gasteiger partial charge in [0, 0.05) is 18.5 Å². The minimum atomic E-state index is -0.948. The number of ketones is 1. The molecule has 1 unspecified atom stereocenters. The highest BCUT2D eigenvalue weighted by molar-refractivity contribution is 5.90. The molecule has 1 aromatic rings. The number of carbonyl (C=O) groups is 2. The van der Waals surface area contributed by atoms with Crippen molar-refractivity contribution in [1.29, 1.82) is 0 Å². The average molecular weight is 249 g/mol. The van der Waals surface area contributed by atoms with Crippen molar-refractivity contribution >= 4 is 11.8 Å². The van der Waals surface area contributed by atoms with Crippen LogP contribution in [0.1, 0.15) is 12.0 Å². The summed E-state index contributed by atoms with van der Waals surface area (Å²) in [5, 5.41) is 9.08. The van der Waals surface area contributed by atoms with Gasteiger partial charge in [-0.3, -0.25) is 14.5 Å². The second-order valence-electron chi connectivity index (χ2n) is 4.31. The summed E-state index contributed by atoms with van der Waals surface area (Å²) in [6.45, 7) is 0.599. The number of methoxy groups -OCH3 is 1. The third-order valence-electron chi connectivity index (χ3n) is 3.09. The Morgan fingerprint density at radius 3 is 2.89 bits per heavy atom. The number of benzene rings is 1. The minimum absolute atomic E-state index is 0.0303. The number of hydrogen-bond acceptors (Lipinski definition) is 4. The number of ether oxygens (including phenoxy) is 1. The first-order chi connectivity index (χ1) is 8.61. The van der Waals surface area contributed by atoms with Crippen molar-refractivity contribution in [2.75, 3.05) is 13.7 Å². The monoisotopic (exact) mass is 249 g/mol. The lowest BCUT2D eigenvalue weighted by molar-refractivity contribution is -0.142. The van der Waals surface area contributed by atoms with Gasteiger partial charge in [-0.15, -0.1) is 0 Å². The van der Waals surface area contributed by atoms with Gasteiger partial charge in [0.2, 0.25) is 0 Å². The molecule has 18 heavy (non-hydrogen) atoms. The van der Waals surface area contributed by atoms with Crippen LogP contribution in [-0.2, 0) is 16.1 Å². The van der Waals surface area contributed by atoms with Gasteiger partial charge >= 0.3 is 5.97 Å². The smallest absolute Gasteiger partial charge is 0.321 e. The van der Waals surface area contributed by atoms with Gasteiger partial charge in [0.1, 0.15) is 17.6 Å². The lowest BCUT2D eigenvalue weighted by atomic mass is 10.1. The third-order valence-corrected chi connectivity index (χ3v) is 3.09. The Hall–Kier alpha value is -1.88. The van der Waals surface area contributed by atoms with Crippen molar-refractivity contribution in [3.63, 3.8) is 0 Å². The Morgan fingerprint density at radius 2 is 2.22 bits per heavy atom. The average Bonchev–Trinajstić information content (AvgIpc) is 2.71. The molecule has 1 aromatic carbocycles. The van der Waals surface area contributed by atoms with Crippen LogP contribution in [0.3, 0.4) is 0 Å². The molecule has 0 saturated carbocycles. The Kier molecular flexibility index (Phi) is 3.62. The fourth-order valence-electron chi connectivity index (χ4n) is 2.21. The van der Waals surface area contributed by atoms with Gasteiger partial charge < -0.3 is 9.84 Å². The van der Waals surface area contributed by atoms with Gasteiger partial charge in [0.15, 0.2) is 0 Å². The number of carboxylic acid groups (broad SMARTS) is 1. The number of nitrogens with zero attached hydrogens (tertiary/aromatic N) is 1. The van der Waals surface area contributed by atoms with Crippen LogP contribution in [0, 0.1) is 0 Å². The van der Waals surface area contributed by atoms with Crippen molar-refractivity contribution < 1.29 is 19.4 Å². The summed E-state index contributed by atoms with van der Waals surface area (Å²) < 4.78 is 5.22. The van der Waals surface area contributed by atoms with Crippen LogP contribution < -0.4 is 4.74 Å². The van der Waals surface area contributed by atoms with E-state index in [1.54, 1.807) is 12.0 Å². The number of carbonyl (C=O) groups excluding carboxylic acids is 1. The highest BCUT2D eigenvalue weighted by atomic mass is 16.5. The molecule has 1 fully saturated rings. The molecule has 1 heterocycles. The molecular formula is C13H15NO4. The van der Waals surface area contributed by atoms with E-state index in [0.29, 0.717) is 12.3 Å². The van der Waals surface area contributed by atoms with E-state index in [1.807, 2.05) is 24.3 Å². The van der Waals surface area contributed by atoms with E-state index in [4.69, 9.17) is 9.84 Å². The Morgan fingerprint density at radius 1 is 1.50 bits per heavy atom. The summed E-state index contributed by atoms with van der Waals surface area (Å²) in [7, 11) is 1.57. The number of rotatable bonds is 4. The van der Waals surface area contributed by atoms with Gasteiger partial charge in [-0.1, -0.05) is 18.2 Å². The number of Topliss-reactive ketones (excluding diaryl/α,β-unsaturated/α-hetero) is 1. The lowest BCUT2D eigenvalue weighted by Crippen LogP contribution is -2.35. The highest BCUT2D eigenvalue weighted by Gasteiger charge is 2.35. The second-order valence-corrected chi connectivity index (χ2v) is 4.31. The first-order valence-electron chi connectivity index (χ1n) is 5.72. The largest absolute Gasteiger partial charge is 0.496 e. The molecule has 0 aliphatic carbocycles. The van der Waals surface area contributed by atoms with Crippen LogP contribution in [-0.4, -0.2) is 41.5 Å². The molecule has 0 aromatic heterocycles. The van der Waals surface area contributed by atoms with E-state index in [2.05, 4.69) is 0 Å². The van der Waals surface area contributed by atoms with Gasteiger partial charge in [0.05, 0.1) is 13.7 Å². The molecule has 1 saturated heterocycles. The van der Waals surface area contributed by atoms with Crippen molar-refractivity contribution in [2.45, 2.75) is 19.0 Å². The summed E-state index contributed by atoms with van der Waals surface area (Å²) in [6.07, 6.45) is 0.0878. The zero-order chi connectivity index (χ0) is 13.1. The summed E-state index contributed by atoms with van der Waals surface area (Å²) in [5.74, 6) is -0.269. The molecule has 1 N–H and O–H groups in total. The molecule has 5 heteroatoms. The zero-order valence-corrected chi connectivity index (χ0v) is 10.1. The molecule has 0 bridgehead atoms. The predicted molar refractivity (Wildman–Crippen MR) is 64.5 cm³/mol. The van der Waals surface area contributed by atoms with E-state index in [0.717, 1.165) is 5.56 Å². The Labute approximate surface area is 105 Å². The van der Waals surface area contributed by atoms with Crippen molar-refractivity contribution in [3.05, 3.63) is 29.8 Å². The Balaban J connectivity index is 2.17. The van der Waals surface area contributed by atoms with Crippen molar-refractivity contribution in [1.82, 2.24) is 4.90 Å². The number of likely N-dealkylation sites (tertiary alicyclic amines) is 1. The van der Waals surface area contributed by atoms with Gasteiger partial charge in [-0.05, 0) is 6.07 Å². The SMILES string of the molecule is COc1ccccc1CN1CC(=O)CC1C(=O)O. The van der Waals surface area contributed by atoms with E-state index < -0.39 is 12.0 Å². The quantitative estimate of drug-likeness (QED) is 0.859. The normalized spacial score (nSPS) is 20.1. The van der Waals surface area contributed by atoms with Crippen LogP contribution >= 0.6 is 0 Å². The second kappa shape index (κ2) is 5.18. The first-order valence-corrected chi connectivity index (χ1v) is 5.72. The third kappa shape index (κ3) is 2.51. The van der Waals surface area contributed by atoms with Crippen LogP contribution in [0.2, 0.25) is 0 Å². The fraction of sp³-hybridized carbons (Fsp3) is 0.385. The number of carboxylic acids is 1. The number of hydrogen-bond donors (Lipinski definition) is 1. The molecule has 0 radical (unpaired) electrons. The van der Waals surface area contributed by atoms with Crippen LogP contribution in [0.4, 0.5) is 0 Å². The molecule has 1 aliphatic heterocycles. The number of aliphatic carboxylic acids is 1. The Bertz CT molecular complexity index is 472. The molecule has 0 spiro atoms. The van der Waals surface area contributed by atoms with Crippen LogP contribution in [0.25, 0.3) is 0 Å². The topological polar surface area (TPSA) is 66.8 Å². The zero-order valence-electron chi connectivity index (χ0n) is 10.1. The van der Waals surface area contributed by atoms with E-state index in [9.17, 15) is 9.59 Å². The predicted octanol–water partition coefficient (Wildman–Crippen LogP) is 0.923. The minimum Gasteiger partial charge on any atom is -0.496 e. The highest BCUT2D eigenvalue weighted by Crippen LogP contribution is 2.23. The van der Waals surface area contributed by atoms with Gasteiger partial charge in [-0.2, -0.15) is 0 Å². The maximum atomic E-state index is 11.4. The summed E-state index contributed by atoms with van der Waals surface area (Å²) >= 11 is 0. The van der Waals surface area contributed by atoms with Crippen LogP contribution in [0.15, 0.2) is 24.3 Å². The maximum absolute atomic E-state index is 11.4. The first kappa shape index (κ1) is 12.6. The van der Waals surface area contributed by atoms with E-state index in [-0.39, 0.29) is 18.7 Å². The molecule has 0 amide bonds. The number of para-hydroxylation sites is 1. The van der Waals surface area contributed by atoms with Crippen LogP contribution in [0.5, 0.6) is 5.75 Å². The summed E-state index contributed by atoms with van der Waals surface area (Å²) in [5.41, 5.74) is 0.890. The molecule has 5 nitrogen and oxygen atoms in total. The maximum Gasteiger partial charge on any atom is 0.321 e. The molecule has 96 valence electrons. The fourth-order valence-corrected chi connectivity index (χ4v) is 2.21. The van der Waals surface area contributed by atoms with Gasteiger partial charge in [-0.25, -0.2) is 0 Å². The molecule has 1 aliphatic rings. The summed E-state index contributed by atoms with van der Waals surface area (Å²) in [6, 6.07) is 6.70. The van der Waals surface area contributed by atoms with Gasteiger partial charge in [0.25, 0.3) is 0 Å². The molecule has 1 atom stereocenters. The lowest BCUT2D eigenvalue weighted by Gasteiger charge is -2.21. The van der Waals surface area contributed by atoms with E-state index in [1.165, 1.54) is 0 Å². The van der Waals surface area contributed by atoms with E-state index >= 15 is 0 Å².